The van der Waals surface area contributed by atoms with Gasteiger partial charge in [0.15, 0.2) is 0 Å². The highest BCUT2D eigenvalue weighted by Crippen LogP contribution is 2.43. The highest BCUT2D eigenvalue weighted by molar-refractivity contribution is 9.42. The second-order valence-electron chi connectivity index (χ2n) is 6.70. The van der Waals surface area contributed by atoms with Crippen LogP contribution in [-0.2, 0) is 25.1 Å². The van der Waals surface area contributed by atoms with Gasteiger partial charge in [-0.3, -0.25) is 0 Å². The summed E-state index contributed by atoms with van der Waals surface area (Å²) in [6, 6.07) is 11.8. The Labute approximate surface area is 179 Å². The highest BCUT2D eigenvalue weighted by atomic mass is 80.0. The second kappa shape index (κ2) is 7.31. The Balaban J connectivity index is 2.42. The molecule has 0 saturated carbocycles. The van der Waals surface area contributed by atoms with Crippen LogP contribution in [0.15, 0.2) is 63.2 Å². The zero-order chi connectivity index (χ0) is 20.0. The van der Waals surface area contributed by atoms with Crippen LogP contribution in [0.5, 0.6) is 0 Å². The Hall–Kier alpha value is -0.220. The predicted molar refractivity (Wildman–Crippen MR) is 114 cm³/mol. The molecule has 0 saturated heterocycles. The summed E-state index contributed by atoms with van der Waals surface area (Å²) in [5.74, 6) is 0. The molecule has 2 aromatic carbocycles. The second-order valence-corrected chi connectivity index (χ2v) is 19.1. The molecule has 0 N–H and O–H groups in total. The zero-order valence-electron chi connectivity index (χ0n) is 14.2. The minimum atomic E-state index is -3.77. The van der Waals surface area contributed by atoms with Crippen LogP contribution < -0.4 is 0 Å². The van der Waals surface area contributed by atoms with E-state index in [9.17, 15) is 16.8 Å². The topological polar surface area (TPSA) is 68.3 Å². The van der Waals surface area contributed by atoms with E-state index in [1.165, 1.54) is 24.3 Å². The minimum Gasteiger partial charge on any atom is -0.220 e. The van der Waals surface area contributed by atoms with Gasteiger partial charge in [0.1, 0.15) is 0 Å². The molecule has 0 aliphatic rings. The van der Waals surface area contributed by atoms with E-state index in [1.54, 1.807) is 24.3 Å². The minimum absolute atomic E-state index is 0.0230. The molecule has 0 radical (unpaired) electrons. The van der Waals surface area contributed by atoms with E-state index in [0.29, 0.717) is 0 Å². The van der Waals surface area contributed by atoms with Crippen molar-refractivity contribution in [2.24, 2.45) is 0 Å². The summed E-state index contributed by atoms with van der Waals surface area (Å²) in [5.41, 5.74) is 0.951. The van der Waals surface area contributed by atoms with E-state index in [4.69, 9.17) is 0 Å². The third kappa shape index (κ3) is 4.43. The Morgan fingerprint density at radius 1 is 0.654 bits per heavy atom. The average Bonchev–Trinajstić information content (AvgIpc) is 2.53. The van der Waals surface area contributed by atoms with Crippen molar-refractivity contribution in [3.63, 3.8) is 0 Å². The van der Waals surface area contributed by atoms with E-state index in [0.717, 1.165) is 5.56 Å². The first-order valence-corrected chi connectivity index (χ1v) is 12.8. The van der Waals surface area contributed by atoms with Gasteiger partial charge < -0.3 is 0 Å². The predicted octanol–water partition coefficient (Wildman–Crippen LogP) is 5.39. The number of rotatable bonds is 3. The number of hydrogen-bond acceptors (Lipinski definition) is 4. The standard InChI is InChI=1S/C17H17Br3O4S2/c1-16(2,3)12-4-6-13(7-5-12)25(21,22)14-8-10-15(11-9-14)26(23,24)17(18,19)20/h4-11H,1-3H3. The first kappa shape index (κ1) is 22.1. The van der Waals surface area contributed by atoms with Crippen molar-refractivity contribution in [2.45, 2.75) is 42.3 Å². The fourth-order valence-corrected chi connectivity index (χ4v) is 5.91. The summed E-state index contributed by atoms with van der Waals surface area (Å²) in [5, 5.41) is 0. The van der Waals surface area contributed by atoms with Gasteiger partial charge in [0.25, 0.3) is 0 Å². The molecule has 4 nitrogen and oxygen atoms in total. The maximum absolute atomic E-state index is 12.8. The van der Waals surface area contributed by atoms with Gasteiger partial charge in [-0.1, -0.05) is 32.9 Å². The van der Waals surface area contributed by atoms with Crippen LogP contribution in [0.2, 0.25) is 0 Å². The molecule has 0 atom stereocenters. The summed E-state index contributed by atoms with van der Waals surface area (Å²) >= 11 is 8.94. The summed E-state index contributed by atoms with van der Waals surface area (Å²) in [6.07, 6.45) is 0. The lowest BCUT2D eigenvalue weighted by Gasteiger charge is -2.19. The molecule has 0 spiro atoms. The Bertz CT molecular complexity index is 998. The van der Waals surface area contributed by atoms with Gasteiger partial charge in [0, 0.05) is 0 Å². The van der Waals surface area contributed by atoms with Crippen LogP contribution in [0.1, 0.15) is 26.3 Å². The third-order valence-corrected chi connectivity index (χ3v) is 10.9. The van der Waals surface area contributed by atoms with Crippen LogP contribution in [0.3, 0.4) is 0 Å². The fourth-order valence-electron chi connectivity index (χ4n) is 2.20. The monoisotopic (exact) mass is 586 g/mol. The SMILES string of the molecule is CC(C)(C)c1ccc(S(=O)(=O)c2ccc(S(=O)(=O)C(Br)(Br)Br)cc2)cc1. The zero-order valence-corrected chi connectivity index (χ0v) is 20.6. The van der Waals surface area contributed by atoms with E-state index in [-0.39, 0.29) is 20.1 Å². The molecule has 2 rings (SSSR count). The molecule has 0 aromatic heterocycles. The molecule has 0 aliphatic carbocycles. The van der Waals surface area contributed by atoms with E-state index < -0.39 is 21.1 Å². The van der Waals surface area contributed by atoms with Crippen molar-refractivity contribution in [1.82, 2.24) is 0 Å². The van der Waals surface area contributed by atoms with E-state index in [2.05, 4.69) is 47.8 Å². The summed E-state index contributed by atoms with van der Waals surface area (Å²) in [4.78, 5) is 0.173. The van der Waals surface area contributed by atoms with Crippen molar-refractivity contribution in [2.75, 3.05) is 0 Å². The molecular formula is C17H17Br3O4S2. The van der Waals surface area contributed by atoms with Crippen molar-refractivity contribution in [3.05, 3.63) is 54.1 Å². The molecule has 0 fully saturated rings. The first-order chi connectivity index (χ1) is 11.7. The van der Waals surface area contributed by atoms with Crippen molar-refractivity contribution >= 4 is 67.5 Å². The lowest BCUT2D eigenvalue weighted by atomic mass is 9.87. The van der Waals surface area contributed by atoms with Crippen molar-refractivity contribution in [1.29, 1.82) is 0 Å². The summed E-state index contributed by atoms with van der Waals surface area (Å²) < 4.78 is 48.7. The third-order valence-electron chi connectivity index (χ3n) is 3.78. The molecule has 0 unspecified atom stereocenters. The van der Waals surface area contributed by atoms with Crippen LogP contribution in [0, 0.1) is 0 Å². The Morgan fingerprint density at radius 2 is 1.00 bits per heavy atom. The molecule has 0 aliphatic heterocycles. The molecule has 0 heterocycles. The summed E-state index contributed by atoms with van der Waals surface area (Å²) in [6.45, 7) is 6.15. The molecular weight excluding hydrogens is 572 g/mol. The van der Waals surface area contributed by atoms with Gasteiger partial charge in [0.2, 0.25) is 21.1 Å². The van der Waals surface area contributed by atoms with Gasteiger partial charge in [-0.25, -0.2) is 16.8 Å². The smallest absolute Gasteiger partial charge is 0.220 e. The van der Waals surface area contributed by atoms with Crippen LogP contribution in [0.4, 0.5) is 0 Å². The molecule has 2 aromatic rings. The number of alkyl halides is 3. The van der Waals surface area contributed by atoms with Crippen LogP contribution in [0.25, 0.3) is 0 Å². The maximum atomic E-state index is 12.8. The average molecular weight is 589 g/mol. The lowest BCUT2D eigenvalue weighted by molar-refractivity contribution is 0.586. The number of sulfone groups is 2. The largest absolute Gasteiger partial charge is 0.239 e. The molecule has 0 amide bonds. The molecule has 0 bridgehead atoms. The van der Waals surface area contributed by atoms with Gasteiger partial charge in [-0.05, 0) is 95.2 Å². The van der Waals surface area contributed by atoms with Crippen LogP contribution >= 0.6 is 47.8 Å². The van der Waals surface area contributed by atoms with Crippen molar-refractivity contribution < 1.29 is 16.8 Å². The number of hydrogen-bond donors (Lipinski definition) is 0. The van der Waals surface area contributed by atoms with Gasteiger partial charge in [0.05, 0.1) is 14.7 Å². The summed E-state index contributed by atoms with van der Waals surface area (Å²) in [7, 11) is -7.50. The van der Waals surface area contributed by atoms with Crippen LogP contribution in [-0.4, -0.2) is 18.3 Å². The first-order valence-electron chi connectivity index (χ1n) is 7.44. The number of halogens is 3. The molecule has 142 valence electrons. The van der Waals surface area contributed by atoms with E-state index in [1.807, 2.05) is 20.8 Å². The van der Waals surface area contributed by atoms with E-state index >= 15 is 0 Å². The Kier molecular flexibility index (Phi) is 6.21. The van der Waals surface area contributed by atoms with Gasteiger partial charge in [-0.15, -0.1) is 0 Å². The maximum Gasteiger partial charge on any atom is 0.239 e. The number of benzene rings is 2. The quantitative estimate of drug-likeness (QED) is 0.451. The highest BCUT2D eigenvalue weighted by Gasteiger charge is 2.37. The fraction of sp³-hybridized carbons (Fsp3) is 0.294. The lowest BCUT2D eigenvalue weighted by Crippen LogP contribution is -2.17. The molecule has 9 heteroatoms. The molecule has 26 heavy (non-hydrogen) atoms. The van der Waals surface area contributed by atoms with Crippen molar-refractivity contribution in [3.8, 4) is 0 Å². The normalized spacial score (nSPS) is 13.6. The van der Waals surface area contributed by atoms with Gasteiger partial charge in [-0.2, -0.15) is 0 Å². The Morgan fingerprint density at radius 3 is 1.35 bits per heavy atom. The van der Waals surface area contributed by atoms with Gasteiger partial charge >= 0.3 is 0 Å².